The number of benzene rings is 1. The van der Waals surface area contributed by atoms with E-state index in [-0.39, 0.29) is 11.8 Å². The molecule has 2 aromatic rings. The highest BCUT2D eigenvalue weighted by Gasteiger charge is 2.31. The predicted octanol–water partition coefficient (Wildman–Crippen LogP) is 4.07. The van der Waals surface area contributed by atoms with E-state index in [1.807, 2.05) is 6.07 Å². The Morgan fingerprint density at radius 3 is 2.48 bits per heavy atom. The van der Waals surface area contributed by atoms with Crippen molar-refractivity contribution in [1.82, 2.24) is 10.4 Å². The van der Waals surface area contributed by atoms with Crippen LogP contribution in [0.25, 0.3) is 0 Å². The van der Waals surface area contributed by atoms with Gasteiger partial charge in [0.15, 0.2) is 0 Å². The van der Waals surface area contributed by atoms with Crippen LogP contribution in [0.15, 0.2) is 47.7 Å². The number of ether oxygens (including phenoxy) is 1. The Balaban J connectivity index is 1.68. The van der Waals surface area contributed by atoms with E-state index in [0.29, 0.717) is 11.6 Å². The van der Waals surface area contributed by atoms with Crippen molar-refractivity contribution in [2.45, 2.75) is 18.8 Å². The third-order valence-electron chi connectivity index (χ3n) is 3.33. The maximum Gasteiger partial charge on any atom is 0.573 e. The summed E-state index contributed by atoms with van der Waals surface area (Å²) in [5.41, 5.74) is 5.41. The van der Waals surface area contributed by atoms with Crippen molar-refractivity contribution in [3.63, 3.8) is 0 Å². The zero-order chi connectivity index (χ0) is 16.4. The number of alkyl halides is 3. The third kappa shape index (κ3) is 3.92. The maximum atomic E-state index is 12.1. The molecule has 1 atom stereocenters. The van der Waals surface area contributed by atoms with E-state index in [1.54, 1.807) is 24.4 Å². The smallest absolute Gasteiger partial charge is 0.406 e. The van der Waals surface area contributed by atoms with E-state index in [9.17, 15) is 13.2 Å². The number of pyridine rings is 1. The lowest BCUT2D eigenvalue weighted by Gasteiger charge is -2.10. The molecule has 23 heavy (non-hydrogen) atoms. The van der Waals surface area contributed by atoms with Crippen LogP contribution in [0, 0.1) is 0 Å². The molecule has 1 aliphatic rings. The molecule has 120 valence electrons. The molecular weight excluding hydrogens is 331 g/mol. The van der Waals surface area contributed by atoms with Gasteiger partial charge in [0.2, 0.25) is 0 Å². The first-order valence-electron chi connectivity index (χ1n) is 6.70. The molecule has 0 radical (unpaired) electrons. The summed E-state index contributed by atoms with van der Waals surface area (Å²) in [6, 6.07) is 9.13. The maximum absolute atomic E-state index is 12.1. The van der Waals surface area contributed by atoms with Crippen molar-refractivity contribution in [1.29, 1.82) is 0 Å². The SMILES string of the molecule is FC(F)(F)Oc1ccc(C2=NNC(c3ccc(Cl)nc3)C2)cc1. The van der Waals surface area contributed by atoms with Crippen molar-refractivity contribution in [3.8, 4) is 5.75 Å². The highest BCUT2D eigenvalue weighted by molar-refractivity contribution is 6.29. The minimum atomic E-state index is -4.69. The van der Waals surface area contributed by atoms with Crippen LogP contribution < -0.4 is 10.2 Å². The Morgan fingerprint density at radius 1 is 1.13 bits per heavy atom. The molecule has 1 aromatic heterocycles. The van der Waals surface area contributed by atoms with Gasteiger partial charge < -0.3 is 10.2 Å². The lowest BCUT2D eigenvalue weighted by atomic mass is 10.0. The number of halogens is 4. The average Bonchev–Trinajstić information content (AvgIpc) is 2.97. The second-order valence-corrected chi connectivity index (χ2v) is 5.32. The number of nitrogens with one attached hydrogen (secondary N) is 1. The summed E-state index contributed by atoms with van der Waals surface area (Å²) in [5.74, 6) is -0.258. The zero-order valence-corrected chi connectivity index (χ0v) is 12.4. The molecule has 0 bridgehead atoms. The van der Waals surface area contributed by atoms with Gasteiger partial charge in [-0.05, 0) is 41.5 Å². The van der Waals surface area contributed by atoms with Gasteiger partial charge in [-0.1, -0.05) is 17.7 Å². The second kappa shape index (κ2) is 6.08. The summed E-state index contributed by atoms with van der Waals surface area (Å²) in [6.45, 7) is 0. The van der Waals surface area contributed by atoms with Gasteiger partial charge in [-0.3, -0.25) is 0 Å². The van der Waals surface area contributed by atoms with Gasteiger partial charge in [-0.25, -0.2) is 4.98 Å². The van der Waals surface area contributed by atoms with Gasteiger partial charge in [-0.2, -0.15) is 5.10 Å². The molecule has 4 nitrogen and oxygen atoms in total. The first-order chi connectivity index (χ1) is 10.9. The van der Waals surface area contributed by atoms with Crippen molar-refractivity contribution in [2.75, 3.05) is 0 Å². The highest BCUT2D eigenvalue weighted by Crippen LogP contribution is 2.27. The third-order valence-corrected chi connectivity index (χ3v) is 3.55. The first-order valence-corrected chi connectivity index (χ1v) is 7.08. The monoisotopic (exact) mass is 341 g/mol. The second-order valence-electron chi connectivity index (χ2n) is 4.93. The first kappa shape index (κ1) is 15.6. The summed E-state index contributed by atoms with van der Waals surface area (Å²) < 4.78 is 40.3. The summed E-state index contributed by atoms with van der Waals surface area (Å²) in [4.78, 5) is 4.02. The fourth-order valence-corrected chi connectivity index (χ4v) is 2.37. The standard InChI is InChI=1S/C15H11ClF3N3O/c16-14-6-3-10(8-20-14)13-7-12(21-22-13)9-1-4-11(5-2-9)23-15(17,18)19/h1-6,8,13,22H,7H2. The van der Waals surface area contributed by atoms with E-state index in [0.717, 1.165) is 16.8 Å². The minimum absolute atomic E-state index is 0.0409. The van der Waals surface area contributed by atoms with Crippen LogP contribution in [-0.4, -0.2) is 17.1 Å². The fourth-order valence-electron chi connectivity index (χ4n) is 2.26. The minimum Gasteiger partial charge on any atom is -0.406 e. The van der Waals surface area contributed by atoms with E-state index in [2.05, 4.69) is 20.2 Å². The van der Waals surface area contributed by atoms with Gasteiger partial charge in [0.05, 0.1) is 11.8 Å². The Morgan fingerprint density at radius 2 is 1.87 bits per heavy atom. The van der Waals surface area contributed by atoms with Crippen LogP contribution in [0.1, 0.15) is 23.6 Å². The number of nitrogens with zero attached hydrogens (tertiary/aromatic N) is 2. The lowest BCUT2D eigenvalue weighted by molar-refractivity contribution is -0.274. The van der Waals surface area contributed by atoms with Crippen LogP contribution >= 0.6 is 11.6 Å². The van der Waals surface area contributed by atoms with E-state index in [4.69, 9.17) is 11.6 Å². The quantitative estimate of drug-likeness (QED) is 0.856. The van der Waals surface area contributed by atoms with Crippen LogP contribution in [0.4, 0.5) is 13.2 Å². The lowest BCUT2D eigenvalue weighted by Crippen LogP contribution is -2.17. The van der Waals surface area contributed by atoms with Crippen LogP contribution in [0.5, 0.6) is 5.75 Å². The largest absolute Gasteiger partial charge is 0.573 e. The Hall–Kier alpha value is -2.28. The molecule has 1 aliphatic heterocycles. The Bertz CT molecular complexity index is 714. The van der Waals surface area contributed by atoms with Gasteiger partial charge in [0.25, 0.3) is 0 Å². The highest BCUT2D eigenvalue weighted by atomic mass is 35.5. The molecule has 0 aliphatic carbocycles. The topological polar surface area (TPSA) is 46.5 Å². The average molecular weight is 342 g/mol. The zero-order valence-electron chi connectivity index (χ0n) is 11.6. The van der Waals surface area contributed by atoms with Crippen molar-refractivity contribution in [3.05, 3.63) is 58.9 Å². The molecular formula is C15H11ClF3N3O. The number of rotatable bonds is 3. The molecule has 0 amide bonds. The number of aromatic nitrogens is 1. The van der Waals surface area contributed by atoms with E-state index < -0.39 is 6.36 Å². The van der Waals surface area contributed by atoms with Crippen molar-refractivity contribution in [2.24, 2.45) is 5.10 Å². The molecule has 0 saturated heterocycles. The summed E-state index contributed by atoms with van der Waals surface area (Å²) in [6.07, 6.45) is -2.43. The molecule has 0 fully saturated rings. The molecule has 1 unspecified atom stereocenters. The molecule has 0 spiro atoms. The number of hydrazone groups is 1. The molecule has 1 N–H and O–H groups in total. The van der Waals surface area contributed by atoms with Crippen LogP contribution in [0.2, 0.25) is 5.15 Å². The fraction of sp³-hybridized carbons (Fsp3) is 0.200. The Labute approximate surface area is 134 Å². The van der Waals surface area contributed by atoms with Crippen molar-refractivity contribution < 1.29 is 17.9 Å². The molecule has 3 rings (SSSR count). The van der Waals surface area contributed by atoms with E-state index >= 15 is 0 Å². The molecule has 1 aromatic carbocycles. The van der Waals surface area contributed by atoms with Gasteiger partial charge in [-0.15, -0.1) is 13.2 Å². The summed E-state index contributed by atoms with van der Waals surface area (Å²) >= 11 is 5.75. The molecule has 8 heteroatoms. The number of hydrogen-bond acceptors (Lipinski definition) is 4. The van der Waals surface area contributed by atoms with E-state index in [1.165, 1.54) is 12.1 Å². The number of hydrogen-bond donors (Lipinski definition) is 1. The normalized spacial score (nSPS) is 17.6. The Kier molecular flexibility index (Phi) is 4.12. The van der Waals surface area contributed by atoms with Crippen LogP contribution in [0.3, 0.4) is 0 Å². The van der Waals surface area contributed by atoms with Gasteiger partial charge in [0, 0.05) is 12.6 Å². The van der Waals surface area contributed by atoms with Crippen molar-refractivity contribution >= 4 is 17.3 Å². The van der Waals surface area contributed by atoms with Gasteiger partial charge >= 0.3 is 6.36 Å². The predicted molar refractivity (Wildman–Crippen MR) is 79.4 cm³/mol. The molecule has 0 saturated carbocycles. The summed E-state index contributed by atoms with van der Waals surface area (Å²) in [7, 11) is 0. The molecule has 2 heterocycles. The van der Waals surface area contributed by atoms with Gasteiger partial charge in [0.1, 0.15) is 10.9 Å². The van der Waals surface area contributed by atoms with Crippen LogP contribution in [-0.2, 0) is 0 Å². The summed E-state index contributed by atoms with van der Waals surface area (Å²) in [5, 5.41) is 4.64.